The van der Waals surface area contributed by atoms with E-state index in [2.05, 4.69) is 19.9 Å². The summed E-state index contributed by atoms with van der Waals surface area (Å²) in [4.78, 5) is 18.6. The van der Waals surface area contributed by atoms with Gasteiger partial charge in [-0.25, -0.2) is 4.79 Å². The highest BCUT2D eigenvalue weighted by molar-refractivity contribution is 6.42. The van der Waals surface area contributed by atoms with Crippen molar-refractivity contribution in [1.82, 2.24) is 9.80 Å². The molecule has 11 heteroatoms. The summed E-state index contributed by atoms with van der Waals surface area (Å²) >= 11 is 11.9. The molecule has 0 aliphatic carbocycles. The number of likely N-dealkylation sites (tertiary alicyclic amines) is 1. The molecule has 0 bridgehead atoms. The minimum Gasteiger partial charge on any atom is -0.406 e. The summed E-state index contributed by atoms with van der Waals surface area (Å²) in [5, 5.41) is 3.63. The lowest BCUT2D eigenvalue weighted by molar-refractivity contribution is -0.274. The third-order valence-electron chi connectivity index (χ3n) is 5.59. The maximum absolute atomic E-state index is 12.4. The topological polar surface area (TPSA) is 48.1 Å². The summed E-state index contributed by atoms with van der Waals surface area (Å²) < 4.78 is 40.8. The van der Waals surface area contributed by atoms with Gasteiger partial charge in [0.05, 0.1) is 10.0 Å². The van der Waals surface area contributed by atoms with E-state index in [1.54, 1.807) is 35.2 Å². The van der Waals surface area contributed by atoms with E-state index in [0.29, 0.717) is 34.9 Å². The van der Waals surface area contributed by atoms with Crippen LogP contribution in [0.25, 0.3) is 0 Å². The first kappa shape index (κ1) is 22.8. The lowest BCUT2D eigenvalue weighted by atomic mass is 10.1. The normalized spacial score (nSPS) is 17.8. The molecule has 0 radical (unpaired) electrons. The zero-order chi connectivity index (χ0) is 22.9. The average molecular weight is 489 g/mol. The SMILES string of the molecule is O=C(Nc1ccc(Cl)c(Cl)c1)N1CC(N2CCN(c3ccc(OC(F)(F)F)cc3)CC2)C1. The van der Waals surface area contributed by atoms with Crippen molar-refractivity contribution in [3.05, 3.63) is 52.5 Å². The molecule has 0 atom stereocenters. The van der Waals surface area contributed by atoms with E-state index in [1.807, 2.05) is 0 Å². The van der Waals surface area contributed by atoms with Gasteiger partial charge in [0.15, 0.2) is 0 Å². The summed E-state index contributed by atoms with van der Waals surface area (Å²) in [5.74, 6) is -0.228. The Kier molecular flexibility index (Phi) is 6.60. The molecule has 2 fully saturated rings. The Bertz CT molecular complexity index is 961. The van der Waals surface area contributed by atoms with Gasteiger partial charge in [0.2, 0.25) is 0 Å². The Balaban J connectivity index is 1.22. The number of alkyl halides is 3. The van der Waals surface area contributed by atoms with Crippen molar-refractivity contribution in [2.24, 2.45) is 0 Å². The number of hydrogen-bond donors (Lipinski definition) is 1. The van der Waals surface area contributed by atoms with E-state index < -0.39 is 6.36 Å². The highest BCUT2D eigenvalue weighted by Gasteiger charge is 2.36. The number of urea groups is 1. The smallest absolute Gasteiger partial charge is 0.406 e. The van der Waals surface area contributed by atoms with Crippen molar-refractivity contribution in [2.45, 2.75) is 12.4 Å². The quantitative estimate of drug-likeness (QED) is 0.662. The van der Waals surface area contributed by atoms with Crippen LogP contribution in [-0.4, -0.2) is 67.5 Å². The van der Waals surface area contributed by atoms with Gasteiger partial charge >= 0.3 is 12.4 Å². The van der Waals surface area contributed by atoms with Crippen LogP contribution in [0.2, 0.25) is 10.0 Å². The molecule has 1 N–H and O–H groups in total. The number of amides is 2. The van der Waals surface area contributed by atoms with Crippen molar-refractivity contribution in [1.29, 1.82) is 0 Å². The van der Waals surface area contributed by atoms with Crippen LogP contribution < -0.4 is 15.0 Å². The average Bonchev–Trinajstić information content (AvgIpc) is 2.70. The summed E-state index contributed by atoms with van der Waals surface area (Å²) in [5.41, 5.74) is 1.45. The lowest BCUT2D eigenvalue weighted by Crippen LogP contribution is -2.64. The number of benzene rings is 2. The van der Waals surface area contributed by atoms with Gasteiger partial charge in [-0.1, -0.05) is 23.2 Å². The molecule has 0 unspecified atom stereocenters. The van der Waals surface area contributed by atoms with Crippen molar-refractivity contribution >= 4 is 40.6 Å². The minimum absolute atomic E-state index is 0.181. The molecular formula is C21H21Cl2F3N4O2. The number of carbonyl (C=O) groups excluding carboxylic acids is 1. The number of nitrogens with zero attached hydrogens (tertiary/aromatic N) is 3. The highest BCUT2D eigenvalue weighted by Crippen LogP contribution is 2.28. The molecule has 6 nitrogen and oxygen atoms in total. The van der Waals surface area contributed by atoms with Gasteiger partial charge in [-0.15, -0.1) is 13.2 Å². The Labute approximate surface area is 193 Å². The first-order valence-corrected chi connectivity index (χ1v) is 10.8. The number of nitrogens with one attached hydrogen (secondary N) is 1. The predicted octanol–water partition coefficient (Wildman–Crippen LogP) is 4.93. The first-order chi connectivity index (χ1) is 15.2. The molecule has 2 aliphatic rings. The van der Waals surface area contributed by atoms with Crippen LogP contribution in [0, 0.1) is 0 Å². The first-order valence-electron chi connectivity index (χ1n) is 10.0. The molecule has 4 rings (SSSR count). The van der Waals surface area contributed by atoms with E-state index in [9.17, 15) is 18.0 Å². The second-order valence-electron chi connectivity index (χ2n) is 7.68. The maximum Gasteiger partial charge on any atom is 0.573 e. The Morgan fingerprint density at radius 1 is 0.969 bits per heavy atom. The van der Waals surface area contributed by atoms with Crippen molar-refractivity contribution < 1.29 is 22.7 Å². The number of anilines is 2. The minimum atomic E-state index is -4.69. The number of halogens is 5. The third kappa shape index (κ3) is 5.51. The largest absolute Gasteiger partial charge is 0.573 e. The molecule has 2 aromatic rings. The van der Waals surface area contributed by atoms with Gasteiger partial charge in [0, 0.05) is 56.7 Å². The third-order valence-corrected chi connectivity index (χ3v) is 6.33. The fourth-order valence-corrected chi connectivity index (χ4v) is 4.13. The zero-order valence-electron chi connectivity index (χ0n) is 16.9. The van der Waals surface area contributed by atoms with Crippen LogP contribution in [0.15, 0.2) is 42.5 Å². The molecule has 2 amide bonds. The molecule has 32 heavy (non-hydrogen) atoms. The summed E-state index contributed by atoms with van der Waals surface area (Å²) in [7, 11) is 0. The van der Waals surface area contributed by atoms with E-state index in [0.717, 1.165) is 31.9 Å². The number of piperazine rings is 1. The molecule has 2 heterocycles. The fraction of sp³-hybridized carbons (Fsp3) is 0.381. The highest BCUT2D eigenvalue weighted by atomic mass is 35.5. The molecule has 0 saturated carbocycles. The Hall–Kier alpha value is -2.36. The fourth-order valence-electron chi connectivity index (χ4n) is 3.83. The van der Waals surface area contributed by atoms with Crippen molar-refractivity contribution in [3.63, 3.8) is 0 Å². The van der Waals surface area contributed by atoms with Gasteiger partial charge < -0.3 is 19.9 Å². The van der Waals surface area contributed by atoms with E-state index in [4.69, 9.17) is 23.2 Å². The van der Waals surface area contributed by atoms with E-state index >= 15 is 0 Å². The lowest BCUT2D eigenvalue weighted by Gasteiger charge is -2.48. The van der Waals surface area contributed by atoms with Crippen LogP contribution in [0.5, 0.6) is 5.75 Å². The molecule has 2 aliphatic heterocycles. The molecular weight excluding hydrogens is 468 g/mol. The van der Waals surface area contributed by atoms with E-state index in [-0.39, 0.29) is 11.8 Å². The second-order valence-corrected chi connectivity index (χ2v) is 8.50. The molecule has 0 spiro atoms. The summed E-state index contributed by atoms with van der Waals surface area (Å²) in [6, 6.07) is 11.0. The Morgan fingerprint density at radius 2 is 1.62 bits per heavy atom. The summed E-state index contributed by atoms with van der Waals surface area (Å²) in [6.07, 6.45) is -4.69. The molecule has 0 aromatic heterocycles. The molecule has 2 saturated heterocycles. The monoisotopic (exact) mass is 488 g/mol. The molecule has 2 aromatic carbocycles. The molecule has 172 valence electrons. The van der Waals surface area contributed by atoms with Crippen LogP contribution in [0.1, 0.15) is 0 Å². The predicted molar refractivity (Wildman–Crippen MR) is 118 cm³/mol. The van der Waals surface area contributed by atoms with Crippen molar-refractivity contribution in [2.75, 3.05) is 49.5 Å². The van der Waals surface area contributed by atoms with E-state index in [1.165, 1.54) is 12.1 Å². The van der Waals surface area contributed by atoms with Crippen LogP contribution in [0.4, 0.5) is 29.3 Å². The van der Waals surface area contributed by atoms with Gasteiger partial charge in [-0.2, -0.15) is 0 Å². The standard InChI is InChI=1S/C21H21Cl2F3N4O2/c22-18-6-1-14(11-19(18)23)27-20(31)30-12-16(13-30)29-9-7-28(8-10-29)15-2-4-17(5-3-15)32-21(24,25)26/h1-6,11,16H,7-10,12-13H2,(H,27,31). The maximum atomic E-state index is 12.4. The van der Waals surface area contributed by atoms with Crippen LogP contribution in [-0.2, 0) is 0 Å². The number of carbonyl (C=O) groups is 1. The van der Waals surface area contributed by atoms with Crippen LogP contribution >= 0.6 is 23.2 Å². The number of ether oxygens (including phenoxy) is 1. The van der Waals surface area contributed by atoms with Crippen LogP contribution in [0.3, 0.4) is 0 Å². The van der Waals surface area contributed by atoms with Gasteiger partial charge in [0.1, 0.15) is 5.75 Å². The van der Waals surface area contributed by atoms with Gasteiger partial charge in [-0.05, 0) is 42.5 Å². The van der Waals surface area contributed by atoms with Gasteiger partial charge in [0.25, 0.3) is 0 Å². The second kappa shape index (κ2) is 9.25. The Morgan fingerprint density at radius 3 is 2.22 bits per heavy atom. The number of hydrogen-bond acceptors (Lipinski definition) is 4. The zero-order valence-corrected chi connectivity index (χ0v) is 18.4. The van der Waals surface area contributed by atoms with Gasteiger partial charge in [-0.3, -0.25) is 4.90 Å². The number of rotatable bonds is 4. The summed E-state index contributed by atoms with van der Waals surface area (Å²) in [6.45, 7) is 4.41. The van der Waals surface area contributed by atoms with Crippen molar-refractivity contribution in [3.8, 4) is 5.75 Å².